The number of fused-ring (bicyclic) bond motifs is 3. The summed E-state index contributed by atoms with van der Waals surface area (Å²) in [7, 11) is 1.48. The first-order valence-electron chi connectivity index (χ1n) is 11.1. The minimum atomic E-state index is -1.13. The fourth-order valence-electron chi connectivity index (χ4n) is 4.13. The van der Waals surface area contributed by atoms with Gasteiger partial charge >= 0.3 is 12.1 Å². The average Bonchev–Trinajstić information content (AvgIpc) is 3.16. The van der Waals surface area contributed by atoms with Gasteiger partial charge in [0.1, 0.15) is 19.2 Å². The van der Waals surface area contributed by atoms with E-state index in [0.717, 1.165) is 22.3 Å². The normalized spacial score (nSPS) is 13.0. The highest BCUT2D eigenvalue weighted by Crippen LogP contribution is 2.44. The van der Waals surface area contributed by atoms with Gasteiger partial charge in [0.2, 0.25) is 5.91 Å². The molecule has 0 aromatic heterocycles. The van der Waals surface area contributed by atoms with Gasteiger partial charge in [-0.05, 0) is 40.7 Å². The molecule has 9 heteroatoms. The van der Waals surface area contributed by atoms with Crippen LogP contribution in [0.2, 0.25) is 0 Å². The quantitative estimate of drug-likeness (QED) is 0.475. The number of carboxylic acids is 1. The van der Waals surface area contributed by atoms with Gasteiger partial charge in [0.25, 0.3) is 0 Å². The number of amides is 2. The zero-order valence-electron chi connectivity index (χ0n) is 19.4. The van der Waals surface area contributed by atoms with Crippen molar-refractivity contribution >= 4 is 29.7 Å². The van der Waals surface area contributed by atoms with E-state index in [1.54, 1.807) is 0 Å². The van der Waals surface area contributed by atoms with Crippen LogP contribution in [0.4, 0.5) is 4.79 Å². The smallest absolute Gasteiger partial charge is 0.407 e. The molecule has 1 aliphatic rings. The maximum Gasteiger partial charge on any atom is 0.407 e. The van der Waals surface area contributed by atoms with Gasteiger partial charge in [-0.1, -0.05) is 48.5 Å². The molecule has 182 valence electrons. The molecule has 1 unspecified atom stereocenters. The first kappa shape index (κ1) is 25.6. The number of nitrogens with zero attached hydrogens (tertiary/aromatic N) is 1. The molecule has 2 N–H and O–H groups in total. The standard InChI is InChI=1S/C25H30N2O6S/c1-32-13-12-27(15-23(28)29)24(30)22(11-14-34-2)26-25(31)33-16-21-19-9-5-3-7-17(19)18-8-4-6-10-20(18)21/h3-10,21-22H,11-16H2,1-2H3,(H,26,31)(H,28,29). The number of carboxylic acid groups (broad SMARTS) is 1. The van der Waals surface area contributed by atoms with Gasteiger partial charge < -0.3 is 24.8 Å². The lowest BCUT2D eigenvalue weighted by molar-refractivity contribution is -0.145. The summed E-state index contributed by atoms with van der Waals surface area (Å²) in [5.41, 5.74) is 4.45. The van der Waals surface area contributed by atoms with Crippen LogP contribution in [0, 0.1) is 0 Å². The topological polar surface area (TPSA) is 105 Å². The number of thioether (sulfide) groups is 1. The van der Waals surface area contributed by atoms with E-state index in [-0.39, 0.29) is 25.7 Å². The van der Waals surface area contributed by atoms with Gasteiger partial charge in [-0.25, -0.2) is 4.79 Å². The third-order valence-electron chi connectivity index (χ3n) is 5.75. The number of methoxy groups -OCH3 is 1. The first-order valence-corrected chi connectivity index (χ1v) is 12.5. The molecule has 8 nitrogen and oxygen atoms in total. The maximum atomic E-state index is 13.0. The fourth-order valence-corrected chi connectivity index (χ4v) is 4.60. The van der Waals surface area contributed by atoms with E-state index in [0.29, 0.717) is 12.2 Å². The number of carbonyl (C=O) groups excluding carboxylic acids is 2. The monoisotopic (exact) mass is 486 g/mol. The van der Waals surface area contributed by atoms with Crippen molar-refractivity contribution in [3.8, 4) is 11.1 Å². The highest BCUT2D eigenvalue weighted by molar-refractivity contribution is 7.98. The highest BCUT2D eigenvalue weighted by Gasteiger charge is 2.31. The molecule has 2 amide bonds. The molecule has 1 atom stereocenters. The molecular formula is C25H30N2O6S. The molecule has 0 spiro atoms. The Morgan fingerprint density at radius 2 is 1.71 bits per heavy atom. The molecule has 0 radical (unpaired) electrons. The van der Waals surface area contributed by atoms with Gasteiger partial charge in [0.05, 0.1) is 6.61 Å². The fraction of sp³-hybridized carbons (Fsp3) is 0.400. The Morgan fingerprint density at radius 3 is 2.26 bits per heavy atom. The second-order valence-electron chi connectivity index (χ2n) is 7.95. The third kappa shape index (κ3) is 6.30. The van der Waals surface area contributed by atoms with Crippen LogP contribution < -0.4 is 5.32 Å². The molecule has 34 heavy (non-hydrogen) atoms. The van der Waals surface area contributed by atoms with E-state index in [2.05, 4.69) is 17.4 Å². The molecule has 0 saturated heterocycles. The van der Waals surface area contributed by atoms with Gasteiger partial charge in [0, 0.05) is 19.6 Å². The predicted octanol–water partition coefficient (Wildman–Crippen LogP) is 3.21. The van der Waals surface area contributed by atoms with Crippen molar-refractivity contribution in [3.63, 3.8) is 0 Å². The van der Waals surface area contributed by atoms with Crippen LogP contribution in [0.1, 0.15) is 23.5 Å². The number of hydrogen-bond donors (Lipinski definition) is 2. The van der Waals surface area contributed by atoms with Crippen LogP contribution in [-0.4, -0.2) is 79.4 Å². The van der Waals surface area contributed by atoms with Crippen molar-refractivity contribution in [1.29, 1.82) is 0 Å². The molecule has 2 aromatic rings. The average molecular weight is 487 g/mol. The highest BCUT2D eigenvalue weighted by atomic mass is 32.2. The summed E-state index contributed by atoms with van der Waals surface area (Å²) in [6.07, 6.45) is 1.55. The number of hydrogen-bond acceptors (Lipinski definition) is 6. The number of ether oxygens (including phenoxy) is 2. The van der Waals surface area contributed by atoms with Crippen LogP contribution in [0.5, 0.6) is 0 Å². The van der Waals surface area contributed by atoms with Gasteiger partial charge in [0.15, 0.2) is 0 Å². The largest absolute Gasteiger partial charge is 0.480 e. The number of nitrogens with one attached hydrogen (secondary N) is 1. The van der Waals surface area contributed by atoms with E-state index < -0.39 is 30.6 Å². The molecule has 0 saturated carbocycles. The van der Waals surface area contributed by atoms with Crippen molar-refractivity contribution in [3.05, 3.63) is 59.7 Å². The molecule has 0 fully saturated rings. The Morgan fingerprint density at radius 1 is 1.09 bits per heavy atom. The second kappa shape index (κ2) is 12.4. The van der Waals surface area contributed by atoms with Crippen molar-refractivity contribution in [1.82, 2.24) is 10.2 Å². The van der Waals surface area contributed by atoms with Gasteiger partial charge in [-0.2, -0.15) is 11.8 Å². The number of alkyl carbamates (subject to hydrolysis) is 1. The summed E-state index contributed by atoms with van der Waals surface area (Å²) in [6, 6.07) is 15.2. The third-order valence-corrected chi connectivity index (χ3v) is 6.39. The molecule has 0 bridgehead atoms. The Hall–Kier alpha value is -3.04. The van der Waals surface area contributed by atoms with Crippen LogP contribution in [0.3, 0.4) is 0 Å². The Kier molecular flexibility index (Phi) is 9.35. The van der Waals surface area contributed by atoms with E-state index in [1.807, 2.05) is 42.7 Å². The van der Waals surface area contributed by atoms with Gasteiger partial charge in [-0.15, -0.1) is 0 Å². The molecular weight excluding hydrogens is 456 g/mol. The summed E-state index contributed by atoms with van der Waals surface area (Å²) in [4.78, 5) is 38.2. The lowest BCUT2D eigenvalue weighted by atomic mass is 9.98. The lowest BCUT2D eigenvalue weighted by Crippen LogP contribution is -2.51. The Balaban J connectivity index is 1.68. The van der Waals surface area contributed by atoms with Crippen molar-refractivity contribution in [2.24, 2.45) is 0 Å². The maximum absolute atomic E-state index is 13.0. The molecule has 3 rings (SSSR count). The van der Waals surface area contributed by atoms with Crippen LogP contribution >= 0.6 is 11.8 Å². The van der Waals surface area contributed by atoms with Crippen molar-refractivity contribution in [2.75, 3.05) is 45.4 Å². The van der Waals surface area contributed by atoms with Crippen LogP contribution in [-0.2, 0) is 19.1 Å². The van der Waals surface area contributed by atoms with E-state index >= 15 is 0 Å². The SMILES string of the molecule is COCCN(CC(=O)O)C(=O)C(CCSC)NC(=O)OCC1c2ccccc2-c2ccccc21. The lowest BCUT2D eigenvalue weighted by Gasteiger charge is -2.26. The summed E-state index contributed by atoms with van der Waals surface area (Å²) >= 11 is 1.53. The van der Waals surface area contributed by atoms with Crippen molar-refractivity contribution in [2.45, 2.75) is 18.4 Å². The van der Waals surface area contributed by atoms with E-state index in [9.17, 15) is 19.5 Å². The first-order chi connectivity index (χ1) is 16.5. The van der Waals surface area contributed by atoms with Gasteiger partial charge in [-0.3, -0.25) is 9.59 Å². The van der Waals surface area contributed by atoms with E-state index in [1.165, 1.54) is 23.8 Å². The Labute approximate surface area is 203 Å². The summed E-state index contributed by atoms with van der Waals surface area (Å²) in [5, 5.41) is 11.8. The summed E-state index contributed by atoms with van der Waals surface area (Å²) in [5.74, 6) is -1.08. The van der Waals surface area contributed by atoms with Crippen LogP contribution in [0.25, 0.3) is 11.1 Å². The number of benzene rings is 2. The number of carbonyl (C=O) groups is 3. The number of aliphatic carboxylic acids is 1. The molecule has 0 aliphatic heterocycles. The minimum absolute atomic E-state index is 0.0938. The summed E-state index contributed by atoms with van der Waals surface area (Å²) in [6.45, 7) is -0.0286. The Bertz CT molecular complexity index is 969. The van der Waals surface area contributed by atoms with Crippen LogP contribution in [0.15, 0.2) is 48.5 Å². The zero-order chi connectivity index (χ0) is 24.5. The van der Waals surface area contributed by atoms with E-state index in [4.69, 9.17) is 9.47 Å². The minimum Gasteiger partial charge on any atom is -0.480 e. The molecule has 2 aromatic carbocycles. The van der Waals surface area contributed by atoms with Crippen molar-refractivity contribution < 1.29 is 29.0 Å². The predicted molar refractivity (Wildman–Crippen MR) is 131 cm³/mol. The second-order valence-corrected chi connectivity index (χ2v) is 8.94. The number of rotatable bonds is 12. The molecule has 0 heterocycles. The summed E-state index contributed by atoms with van der Waals surface area (Å²) < 4.78 is 10.6. The molecule has 1 aliphatic carbocycles. The zero-order valence-corrected chi connectivity index (χ0v) is 20.2.